The van der Waals surface area contributed by atoms with E-state index in [1.54, 1.807) is 44.3 Å². The Balaban J connectivity index is 2.07. The molecule has 0 aliphatic heterocycles. The van der Waals surface area contributed by atoms with Crippen molar-refractivity contribution in [2.45, 2.75) is 13.5 Å². The van der Waals surface area contributed by atoms with Crippen LogP contribution in [0.25, 0.3) is 21.8 Å². The molecule has 164 valence electrons. The van der Waals surface area contributed by atoms with Gasteiger partial charge in [0.05, 0.1) is 31.3 Å². The number of Topliss-reactive ketones (excluding diaryl/α,β-unsaturated/α-hetero) is 1. The van der Waals surface area contributed by atoms with Gasteiger partial charge in [0.15, 0.2) is 17.2 Å². The lowest BCUT2D eigenvalue weighted by Crippen LogP contribution is -2.25. The molecule has 2 aromatic carbocycles. The predicted molar refractivity (Wildman–Crippen MR) is 118 cm³/mol. The summed E-state index contributed by atoms with van der Waals surface area (Å²) in [6.07, 6.45) is 0. The molecule has 0 N–H and O–H groups in total. The van der Waals surface area contributed by atoms with Gasteiger partial charge in [0.2, 0.25) is 0 Å². The Kier molecular flexibility index (Phi) is 5.52. The van der Waals surface area contributed by atoms with Crippen molar-refractivity contribution >= 4 is 33.6 Å². The van der Waals surface area contributed by atoms with Crippen molar-refractivity contribution in [3.8, 4) is 5.75 Å². The number of aryl methyl sites for hydroxylation is 1. The van der Waals surface area contributed by atoms with Gasteiger partial charge in [0.25, 0.3) is 5.56 Å². The van der Waals surface area contributed by atoms with Crippen LogP contribution in [-0.2, 0) is 18.3 Å². The van der Waals surface area contributed by atoms with E-state index in [-0.39, 0.29) is 35.8 Å². The smallest absolute Gasteiger partial charge is 0.358 e. The molecule has 0 amide bonds. The van der Waals surface area contributed by atoms with Gasteiger partial charge in [-0.2, -0.15) is 0 Å². The number of halogens is 1. The quantitative estimate of drug-likeness (QED) is 0.340. The number of fused-ring (bicyclic) bond motifs is 3. The summed E-state index contributed by atoms with van der Waals surface area (Å²) in [6, 6.07) is 12.5. The number of pyridine rings is 1. The van der Waals surface area contributed by atoms with Gasteiger partial charge in [-0.05, 0) is 25.1 Å². The van der Waals surface area contributed by atoms with Crippen LogP contribution in [0.2, 0.25) is 0 Å². The average molecular weight is 436 g/mol. The number of hydrogen-bond donors (Lipinski definition) is 0. The summed E-state index contributed by atoms with van der Waals surface area (Å²) in [6.45, 7) is 1.54. The summed E-state index contributed by atoms with van der Waals surface area (Å²) in [5.74, 6) is -1.44. The first-order valence-electron chi connectivity index (χ1n) is 10.0. The highest BCUT2D eigenvalue weighted by Gasteiger charge is 2.28. The van der Waals surface area contributed by atoms with Crippen molar-refractivity contribution in [1.29, 1.82) is 0 Å². The molecule has 8 heteroatoms. The van der Waals surface area contributed by atoms with Crippen molar-refractivity contribution in [2.24, 2.45) is 7.05 Å². The number of benzene rings is 2. The molecule has 2 heterocycles. The summed E-state index contributed by atoms with van der Waals surface area (Å²) >= 11 is 0. The third-order valence-corrected chi connectivity index (χ3v) is 5.38. The third kappa shape index (κ3) is 3.33. The summed E-state index contributed by atoms with van der Waals surface area (Å²) < 4.78 is 27.6. The van der Waals surface area contributed by atoms with E-state index in [0.29, 0.717) is 22.0 Å². The van der Waals surface area contributed by atoms with Crippen molar-refractivity contribution in [1.82, 2.24) is 9.13 Å². The Labute approximate surface area is 182 Å². The number of esters is 1. The average Bonchev–Trinajstić information content (AvgIpc) is 3.09. The summed E-state index contributed by atoms with van der Waals surface area (Å²) in [4.78, 5) is 39.1. The molecule has 0 saturated carbocycles. The monoisotopic (exact) mass is 436 g/mol. The van der Waals surface area contributed by atoms with Crippen LogP contribution in [0.1, 0.15) is 27.8 Å². The zero-order valence-electron chi connectivity index (χ0n) is 17.8. The fourth-order valence-electron chi connectivity index (χ4n) is 3.99. The summed E-state index contributed by atoms with van der Waals surface area (Å²) in [7, 11) is 2.92. The molecule has 0 atom stereocenters. The molecule has 0 radical (unpaired) electrons. The third-order valence-electron chi connectivity index (χ3n) is 5.38. The van der Waals surface area contributed by atoms with E-state index < -0.39 is 17.3 Å². The second kappa shape index (κ2) is 8.30. The Morgan fingerprint density at radius 1 is 1.09 bits per heavy atom. The first-order chi connectivity index (χ1) is 15.4. The number of hydrogen-bond acceptors (Lipinski definition) is 5. The molecule has 0 unspecified atom stereocenters. The maximum Gasteiger partial charge on any atom is 0.358 e. The van der Waals surface area contributed by atoms with E-state index in [4.69, 9.17) is 9.47 Å². The zero-order valence-corrected chi connectivity index (χ0v) is 17.8. The van der Waals surface area contributed by atoms with Crippen molar-refractivity contribution in [3.63, 3.8) is 0 Å². The van der Waals surface area contributed by atoms with Gasteiger partial charge in [-0.1, -0.05) is 30.3 Å². The van der Waals surface area contributed by atoms with Crippen molar-refractivity contribution < 1.29 is 23.5 Å². The molecule has 4 rings (SSSR count). The molecule has 0 aliphatic carbocycles. The van der Waals surface area contributed by atoms with E-state index in [0.717, 1.165) is 0 Å². The highest BCUT2D eigenvalue weighted by Crippen LogP contribution is 2.35. The second-order valence-corrected chi connectivity index (χ2v) is 7.23. The van der Waals surface area contributed by atoms with Crippen molar-refractivity contribution in [2.75, 3.05) is 13.7 Å². The van der Waals surface area contributed by atoms with Crippen molar-refractivity contribution in [3.05, 3.63) is 76.0 Å². The topological polar surface area (TPSA) is 79.5 Å². The number of ketones is 1. The highest BCUT2D eigenvalue weighted by molar-refractivity contribution is 6.11. The molecule has 2 aromatic heterocycles. The normalized spacial score (nSPS) is 11.1. The van der Waals surface area contributed by atoms with E-state index in [1.165, 1.54) is 34.4 Å². The Morgan fingerprint density at radius 2 is 1.81 bits per heavy atom. The SMILES string of the molecule is CCOC(=O)c1c(OC)c2c(=O)n(CC(=O)c3ccccc3)c3ccc(F)cc3c2n1C. The minimum atomic E-state index is -0.668. The van der Waals surface area contributed by atoms with Crippen LogP contribution >= 0.6 is 0 Å². The number of aromatic nitrogens is 2. The zero-order chi connectivity index (χ0) is 23.0. The molecular weight excluding hydrogens is 415 g/mol. The van der Waals surface area contributed by atoms with E-state index in [1.807, 2.05) is 0 Å². The van der Waals surface area contributed by atoms with Crippen LogP contribution in [0.15, 0.2) is 53.3 Å². The van der Waals surface area contributed by atoms with Crippen LogP contribution in [0.4, 0.5) is 4.39 Å². The van der Waals surface area contributed by atoms with Gasteiger partial charge in [0.1, 0.15) is 11.2 Å². The number of nitrogens with zero attached hydrogens (tertiary/aromatic N) is 2. The lowest BCUT2D eigenvalue weighted by molar-refractivity contribution is 0.0512. The standard InChI is InChI=1S/C24H21FN2O5/c1-4-32-24(30)21-22(31-3)19-20(26(21)2)16-12-15(25)10-11-17(16)27(23(19)29)13-18(28)14-8-6-5-7-9-14/h5-12H,4,13H2,1-3H3. The largest absolute Gasteiger partial charge is 0.493 e. The molecule has 4 aromatic rings. The van der Waals surface area contributed by atoms with E-state index in [2.05, 4.69) is 0 Å². The van der Waals surface area contributed by atoms with E-state index >= 15 is 0 Å². The van der Waals surface area contributed by atoms with Crippen LogP contribution < -0.4 is 10.3 Å². The minimum absolute atomic E-state index is 0.0259. The summed E-state index contributed by atoms with van der Waals surface area (Å²) in [5.41, 5.74) is 0.659. The maximum absolute atomic E-state index is 14.2. The molecule has 0 bridgehead atoms. The number of ether oxygens (including phenoxy) is 2. The first kappa shape index (κ1) is 21.3. The van der Waals surface area contributed by atoms with Crippen LogP contribution in [0.3, 0.4) is 0 Å². The summed E-state index contributed by atoms with van der Waals surface area (Å²) in [5, 5.41) is 0.453. The van der Waals surface area contributed by atoms with Crippen LogP contribution in [0, 0.1) is 5.82 Å². The number of rotatable bonds is 6. The van der Waals surface area contributed by atoms with Gasteiger partial charge in [-0.25, -0.2) is 9.18 Å². The Hall–Kier alpha value is -3.94. The molecule has 7 nitrogen and oxygen atoms in total. The fraction of sp³-hybridized carbons (Fsp3) is 0.208. The van der Waals surface area contributed by atoms with Gasteiger partial charge >= 0.3 is 5.97 Å². The predicted octanol–water partition coefficient (Wildman–Crippen LogP) is 3.70. The fourth-order valence-corrected chi connectivity index (χ4v) is 3.99. The number of methoxy groups -OCH3 is 1. The molecule has 0 spiro atoms. The van der Waals surface area contributed by atoms with Gasteiger partial charge in [-0.15, -0.1) is 0 Å². The maximum atomic E-state index is 14.2. The highest BCUT2D eigenvalue weighted by atomic mass is 19.1. The minimum Gasteiger partial charge on any atom is -0.493 e. The lowest BCUT2D eigenvalue weighted by Gasteiger charge is -2.12. The van der Waals surface area contributed by atoms with Gasteiger partial charge in [0, 0.05) is 18.0 Å². The molecule has 32 heavy (non-hydrogen) atoms. The molecule has 0 aliphatic rings. The second-order valence-electron chi connectivity index (χ2n) is 7.23. The van der Waals surface area contributed by atoms with Gasteiger partial charge < -0.3 is 14.0 Å². The van der Waals surface area contributed by atoms with E-state index in [9.17, 15) is 18.8 Å². The lowest BCUT2D eigenvalue weighted by atomic mass is 10.1. The first-order valence-corrected chi connectivity index (χ1v) is 10.0. The van der Waals surface area contributed by atoms with Gasteiger partial charge in [-0.3, -0.25) is 14.2 Å². The number of carbonyl (C=O) groups excluding carboxylic acids is 2. The van der Waals surface area contributed by atoms with Crippen LogP contribution in [0.5, 0.6) is 5.75 Å². The molecular formula is C24H21FN2O5. The number of carbonyl (C=O) groups is 2. The Morgan fingerprint density at radius 3 is 2.47 bits per heavy atom. The molecule has 0 saturated heterocycles. The van der Waals surface area contributed by atoms with Crippen LogP contribution in [-0.4, -0.2) is 34.6 Å². The Bertz CT molecular complexity index is 1420. The molecule has 0 fully saturated rings.